The van der Waals surface area contributed by atoms with Crippen LogP contribution in [0.3, 0.4) is 0 Å². The molecule has 0 fully saturated rings. The van der Waals surface area contributed by atoms with Crippen LogP contribution in [0.1, 0.15) is 26.7 Å². The molecule has 0 heterocycles. The van der Waals surface area contributed by atoms with Crippen molar-refractivity contribution in [1.82, 2.24) is 0 Å². The van der Waals surface area contributed by atoms with Gasteiger partial charge in [0.15, 0.2) is 0 Å². The molecule has 0 saturated heterocycles. The summed E-state index contributed by atoms with van der Waals surface area (Å²) >= 11 is 0. The van der Waals surface area contributed by atoms with Gasteiger partial charge in [-0.25, -0.2) is 0 Å². The normalized spacial score (nSPS) is 11.4. The van der Waals surface area contributed by atoms with E-state index in [2.05, 4.69) is 0 Å². The van der Waals surface area contributed by atoms with Crippen molar-refractivity contribution in [3.63, 3.8) is 0 Å². The zero-order chi connectivity index (χ0) is 22.5. The molecule has 0 atom stereocenters. The summed E-state index contributed by atoms with van der Waals surface area (Å²) in [5, 5.41) is 65.4. The van der Waals surface area contributed by atoms with E-state index in [1.165, 1.54) is 12.2 Å². The third kappa shape index (κ3) is 49.7. The predicted molar refractivity (Wildman–Crippen MR) is 112 cm³/mol. The van der Waals surface area contributed by atoms with Crippen LogP contribution in [0.5, 0.6) is 0 Å². The molecule has 8 heteroatoms. The van der Waals surface area contributed by atoms with Gasteiger partial charge in [0, 0.05) is 13.2 Å². The first kappa shape index (κ1) is 34.2. The van der Waals surface area contributed by atoms with Gasteiger partial charge in [-0.1, -0.05) is 42.0 Å². The molecule has 8 nitrogen and oxygen atoms in total. The zero-order valence-electron chi connectivity index (χ0n) is 17.1. The maximum atomic E-state index is 8.34. The summed E-state index contributed by atoms with van der Waals surface area (Å²) in [6, 6.07) is 0. The van der Waals surface area contributed by atoms with Gasteiger partial charge in [-0.2, -0.15) is 0 Å². The molecule has 0 aliphatic heterocycles. The summed E-state index contributed by atoms with van der Waals surface area (Å²) in [5.41, 5.74) is 1.84. The van der Waals surface area contributed by atoms with Crippen molar-refractivity contribution in [3.05, 3.63) is 47.6 Å². The second kappa shape index (κ2) is 36.5. The lowest BCUT2D eigenvalue weighted by atomic mass is 10.2. The molecule has 168 valence electrons. The van der Waals surface area contributed by atoms with Crippen molar-refractivity contribution in [2.45, 2.75) is 26.7 Å². The van der Waals surface area contributed by atoms with Crippen molar-refractivity contribution >= 4 is 0 Å². The van der Waals surface area contributed by atoms with Crippen LogP contribution in [0.4, 0.5) is 0 Å². The van der Waals surface area contributed by atoms with Gasteiger partial charge in [-0.05, 0) is 32.3 Å². The van der Waals surface area contributed by atoms with E-state index >= 15 is 0 Å². The van der Waals surface area contributed by atoms with Crippen molar-refractivity contribution in [1.29, 1.82) is 0 Å². The fourth-order valence-electron chi connectivity index (χ4n) is 1.07. The molecule has 0 spiro atoms. The van der Waals surface area contributed by atoms with Gasteiger partial charge in [0.1, 0.15) is 0 Å². The van der Waals surface area contributed by atoms with Crippen LogP contribution in [0, 0.1) is 0 Å². The second-order valence-electron chi connectivity index (χ2n) is 5.10. The van der Waals surface area contributed by atoms with E-state index in [4.69, 9.17) is 40.9 Å². The first-order valence-electron chi connectivity index (χ1n) is 8.93. The van der Waals surface area contributed by atoms with Gasteiger partial charge in [0.2, 0.25) is 0 Å². The largest absolute Gasteiger partial charge is 0.396 e. The monoisotopic (exact) mass is 408 g/mol. The highest BCUT2D eigenvalue weighted by atomic mass is 16.3. The minimum Gasteiger partial charge on any atom is -0.396 e. The molecule has 0 aliphatic rings. The van der Waals surface area contributed by atoms with Crippen molar-refractivity contribution in [2.75, 3.05) is 52.9 Å². The molecule has 28 heavy (non-hydrogen) atoms. The van der Waals surface area contributed by atoms with Crippen LogP contribution >= 0.6 is 0 Å². The highest BCUT2D eigenvalue weighted by Gasteiger charge is 1.83. The Labute approximate surface area is 168 Å². The zero-order valence-corrected chi connectivity index (χ0v) is 17.1. The number of rotatable bonds is 10. The van der Waals surface area contributed by atoms with Crippen molar-refractivity contribution in [3.8, 4) is 0 Å². The van der Waals surface area contributed by atoms with E-state index < -0.39 is 0 Å². The molecular weight excluding hydrogens is 368 g/mol. The van der Waals surface area contributed by atoms with Gasteiger partial charge < -0.3 is 40.9 Å². The summed E-state index contributed by atoms with van der Waals surface area (Å²) in [6.45, 7) is 4.21. The molecular formula is C20H40O8. The summed E-state index contributed by atoms with van der Waals surface area (Å²) < 4.78 is 0. The SMILES string of the molecule is C/C(=C\CO)CCO.C/C(=C\CO)CO.OC/C=C/CCO.OC/C=C/CO. The third-order valence-electron chi connectivity index (χ3n) is 2.58. The molecule has 0 amide bonds. The molecule has 0 bridgehead atoms. The molecule has 0 aliphatic carbocycles. The molecule has 0 rings (SSSR count). The predicted octanol–water partition coefficient (Wildman–Crippen LogP) is -0.331. The standard InChI is InChI=1S/C6H12O2.2C5H10O2.C4H8O2/c1-6(2-4-7)3-5-8;1-5(4-7)2-3-6;6-4-2-1-3-5-7;5-3-1-2-4-6/h2,7-8H,3-5H2,1H3;2,6-7H,3-4H2,1H3;1-2,6-7H,3-5H2;1-2,5-6H,3-4H2/b6-2+;5-2+;2*2-1+. The summed E-state index contributed by atoms with van der Waals surface area (Å²) in [5.74, 6) is 0. The van der Waals surface area contributed by atoms with Gasteiger partial charge in [-0.15, -0.1) is 0 Å². The average Bonchev–Trinajstić information content (AvgIpc) is 2.69. The van der Waals surface area contributed by atoms with Crippen LogP contribution in [-0.2, 0) is 0 Å². The second-order valence-corrected chi connectivity index (χ2v) is 5.10. The molecule has 0 aromatic heterocycles. The maximum Gasteiger partial charge on any atom is 0.0639 e. The van der Waals surface area contributed by atoms with Crippen molar-refractivity contribution in [2.24, 2.45) is 0 Å². The molecule has 8 N–H and O–H groups in total. The summed E-state index contributed by atoms with van der Waals surface area (Å²) in [4.78, 5) is 0. The Bertz CT molecular complexity index is 370. The number of aliphatic hydroxyl groups is 8. The average molecular weight is 409 g/mol. The molecule has 0 radical (unpaired) electrons. The van der Waals surface area contributed by atoms with E-state index in [1.807, 2.05) is 6.92 Å². The maximum absolute atomic E-state index is 8.34. The smallest absolute Gasteiger partial charge is 0.0639 e. The topological polar surface area (TPSA) is 162 Å². The van der Waals surface area contributed by atoms with E-state index in [0.717, 1.165) is 11.1 Å². The summed E-state index contributed by atoms with van der Waals surface area (Å²) in [6.07, 6.45) is 10.9. The molecule has 0 saturated carbocycles. The lowest BCUT2D eigenvalue weighted by Crippen LogP contribution is -1.85. The third-order valence-corrected chi connectivity index (χ3v) is 2.58. The Kier molecular flexibility index (Phi) is 44.6. The van der Waals surface area contributed by atoms with Crippen molar-refractivity contribution < 1.29 is 40.9 Å². The number of hydrogen-bond donors (Lipinski definition) is 8. The van der Waals surface area contributed by atoms with Gasteiger partial charge >= 0.3 is 0 Å². The summed E-state index contributed by atoms with van der Waals surface area (Å²) in [7, 11) is 0. The van der Waals surface area contributed by atoms with Crippen LogP contribution in [0.25, 0.3) is 0 Å². The number of hydrogen-bond acceptors (Lipinski definition) is 8. The number of aliphatic hydroxyl groups excluding tert-OH is 8. The van der Waals surface area contributed by atoms with Crippen LogP contribution in [0.15, 0.2) is 47.6 Å². The minimum atomic E-state index is 0.0144. The minimum absolute atomic E-state index is 0.0144. The van der Waals surface area contributed by atoms with E-state index in [-0.39, 0.29) is 52.9 Å². The van der Waals surface area contributed by atoms with Gasteiger partial charge in [-0.3, -0.25) is 0 Å². The van der Waals surface area contributed by atoms with Crippen LogP contribution in [-0.4, -0.2) is 93.7 Å². The van der Waals surface area contributed by atoms with E-state index in [0.29, 0.717) is 12.8 Å². The first-order chi connectivity index (χ1) is 13.4. The first-order valence-corrected chi connectivity index (χ1v) is 8.93. The fourth-order valence-corrected chi connectivity index (χ4v) is 1.07. The highest BCUT2D eigenvalue weighted by molar-refractivity contribution is 4.97. The van der Waals surface area contributed by atoms with E-state index in [1.54, 1.807) is 31.2 Å². The lowest BCUT2D eigenvalue weighted by molar-refractivity contribution is 0.297. The Hall–Kier alpha value is -1.36. The fraction of sp³-hybridized carbons (Fsp3) is 0.600. The van der Waals surface area contributed by atoms with Gasteiger partial charge in [0.25, 0.3) is 0 Å². The molecule has 0 unspecified atom stereocenters. The van der Waals surface area contributed by atoms with Crippen LogP contribution in [0.2, 0.25) is 0 Å². The Balaban J connectivity index is -0.000000138. The van der Waals surface area contributed by atoms with Gasteiger partial charge in [0.05, 0.1) is 39.6 Å². The van der Waals surface area contributed by atoms with Crippen LogP contribution < -0.4 is 0 Å². The molecule has 0 aromatic carbocycles. The van der Waals surface area contributed by atoms with E-state index in [9.17, 15) is 0 Å². The quantitative estimate of drug-likeness (QED) is 0.228. The Morgan fingerprint density at radius 2 is 0.964 bits per heavy atom. The highest BCUT2D eigenvalue weighted by Crippen LogP contribution is 1.95. The molecule has 0 aromatic rings. The Morgan fingerprint density at radius 1 is 0.536 bits per heavy atom. The Morgan fingerprint density at radius 3 is 1.25 bits per heavy atom. The lowest BCUT2D eigenvalue weighted by Gasteiger charge is -1.92.